The van der Waals surface area contributed by atoms with Gasteiger partial charge in [-0.2, -0.15) is 0 Å². The predicted molar refractivity (Wildman–Crippen MR) is 83.8 cm³/mol. The zero-order valence-electron chi connectivity index (χ0n) is 13.2. The van der Waals surface area contributed by atoms with Crippen LogP contribution in [0.2, 0.25) is 0 Å². The molecule has 0 aliphatic carbocycles. The van der Waals surface area contributed by atoms with E-state index in [2.05, 4.69) is 9.88 Å². The van der Waals surface area contributed by atoms with Gasteiger partial charge < -0.3 is 10.8 Å². The molecule has 1 aliphatic rings. The molecule has 5 heteroatoms. The Morgan fingerprint density at radius 3 is 2.24 bits per heavy atom. The Kier molecular flexibility index (Phi) is 6.78. The van der Waals surface area contributed by atoms with Gasteiger partial charge in [-0.25, -0.2) is 0 Å². The first-order chi connectivity index (χ1) is 9.75. The van der Waals surface area contributed by atoms with Crippen LogP contribution in [0.1, 0.15) is 39.2 Å². The van der Waals surface area contributed by atoms with Crippen molar-refractivity contribution < 1.29 is 9.90 Å². The van der Waals surface area contributed by atoms with Crippen LogP contribution < -0.4 is 5.73 Å². The highest BCUT2D eigenvalue weighted by Crippen LogP contribution is 2.18. The Morgan fingerprint density at radius 1 is 1.33 bits per heavy atom. The van der Waals surface area contributed by atoms with Gasteiger partial charge in [-0.15, -0.1) is 0 Å². The van der Waals surface area contributed by atoms with E-state index in [9.17, 15) is 4.79 Å². The topological polar surface area (TPSA) is 79.5 Å². The number of aromatic nitrogens is 1. The monoisotopic (exact) mass is 293 g/mol. The highest BCUT2D eigenvalue weighted by Gasteiger charge is 2.24. The van der Waals surface area contributed by atoms with Gasteiger partial charge in [0.2, 0.25) is 0 Å². The molecule has 1 aromatic heterocycles. The lowest BCUT2D eigenvalue weighted by molar-refractivity contribution is -0.143. The SMILES string of the molecule is CC(C)(C)N.O=C(O)C1CCN(Cc2ccncc2)CC1. The van der Waals surface area contributed by atoms with Crippen LogP contribution >= 0.6 is 0 Å². The molecule has 5 nitrogen and oxygen atoms in total. The Morgan fingerprint density at radius 2 is 1.81 bits per heavy atom. The quantitative estimate of drug-likeness (QED) is 0.892. The maximum Gasteiger partial charge on any atom is 0.306 e. The van der Waals surface area contributed by atoms with Crippen molar-refractivity contribution in [3.05, 3.63) is 30.1 Å². The summed E-state index contributed by atoms with van der Waals surface area (Å²) in [5, 5.41) is 8.89. The lowest BCUT2D eigenvalue weighted by atomic mass is 9.97. The molecule has 1 aromatic rings. The smallest absolute Gasteiger partial charge is 0.306 e. The molecule has 3 N–H and O–H groups in total. The lowest BCUT2D eigenvalue weighted by Crippen LogP contribution is -2.35. The second-order valence-electron chi connectivity index (χ2n) is 6.61. The number of hydrogen-bond acceptors (Lipinski definition) is 4. The van der Waals surface area contributed by atoms with Gasteiger partial charge in [-0.1, -0.05) is 0 Å². The van der Waals surface area contributed by atoms with Crippen LogP contribution in [-0.2, 0) is 11.3 Å². The number of carbonyl (C=O) groups is 1. The third-order valence-electron chi connectivity index (χ3n) is 3.09. The van der Waals surface area contributed by atoms with Crippen molar-refractivity contribution in [1.82, 2.24) is 9.88 Å². The van der Waals surface area contributed by atoms with Gasteiger partial charge in [0.25, 0.3) is 0 Å². The van der Waals surface area contributed by atoms with Crippen LogP contribution in [0.5, 0.6) is 0 Å². The van der Waals surface area contributed by atoms with Gasteiger partial charge in [0.05, 0.1) is 5.92 Å². The molecule has 1 saturated heterocycles. The average molecular weight is 293 g/mol. The summed E-state index contributed by atoms with van der Waals surface area (Å²) in [5.41, 5.74) is 6.59. The summed E-state index contributed by atoms with van der Waals surface area (Å²) < 4.78 is 0. The third kappa shape index (κ3) is 8.42. The van der Waals surface area contributed by atoms with Crippen LogP contribution in [0.3, 0.4) is 0 Å². The van der Waals surface area contributed by atoms with Crippen molar-refractivity contribution in [2.45, 2.75) is 45.7 Å². The van der Waals surface area contributed by atoms with Crippen molar-refractivity contribution in [2.75, 3.05) is 13.1 Å². The minimum Gasteiger partial charge on any atom is -0.481 e. The lowest BCUT2D eigenvalue weighted by Gasteiger charge is -2.29. The number of rotatable bonds is 3. The number of likely N-dealkylation sites (tertiary alicyclic amines) is 1. The summed E-state index contributed by atoms with van der Waals surface area (Å²) in [6.07, 6.45) is 5.11. The fourth-order valence-electron chi connectivity index (χ4n) is 2.08. The van der Waals surface area contributed by atoms with E-state index in [0.717, 1.165) is 32.5 Å². The maximum atomic E-state index is 10.8. The van der Waals surface area contributed by atoms with E-state index in [1.54, 1.807) is 12.4 Å². The van der Waals surface area contributed by atoms with Crippen molar-refractivity contribution in [3.8, 4) is 0 Å². The number of aliphatic carboxylic acids is 1. The summed E-state index contributed by atoms with van der Waals surface area (Å²) in [4.78, 5) is 17.1. The van der Waals surface area contributed by atoms with Crippen molar-refractivity contribution in [3.63, 3.8) is 0 Å². The van der Waals surface area contributed by atoms with Gasteiger partial charge in [0, 0.05) is 24.5 Å². The highest BCUT2D eigenvalue weighted by atomic mass is 16.4. The molecule has 0 unspecified atom stereocenters. The van der Waals surface area contributed by atoms with Crippen LogP contribution in [0.4, 0.5) is 0 Å². The summed E-state index contributed by atoms with van der Waals surface area (Å²) in [7, 11) is 0. The number of carboxylic acid groups (broad SMARTS) is 1. The molecule has 1 aliphatic heterocycles. The number of nitrogens with zero attached hydrogens (tertiary/aromatic N) is 2. The Hall–Kier alpha value is -1.46. The summed E-state index contributed by atoms with van der Waals surface area (Å²) in [6, 6.07) is 4.01. The molecular weight excluding hydrogens is 266 g/mol. The average Bonchev–Trinajstić information content (AvgIpc) is 2.38. The number of hydrogen-bond donors (Lipinski definition) is 2. The summed E-state index contributed by atoms with van der Waals surface area (Å²) >= 11 is 0. The molecule has 0 atom stereocenters. The van der Waals surface area contributed by atoms with E-state index in [4.69, 9.17) is 10.8 Å². The van der Waals surface area contributed by atoms with E-state index in [0.29, 0.717) is 0 Å². The van der Waals surface area contributed by atoms with Crippen LogP contribution in [0.15, 0.2) is 24.5 Å². The molecule has 2 rings (SSSR count). The molecule has 1 fully saturated rings. The van der Waals surface area contributed by atoms with E-state index < -0.39 is 5.97 Å². The van der Waals surface area contributed by atoms with Crippen LogP contribution in [0, 0.1) is 5.92 Å². The van der Waals surface area contributed by atoms with E-state index in [1.807, 2.05) is 32.9 Å². The standard InChI is InChI=1S/C12H16N2O2.C4H11N/c15-12(16)11-3-7-14(8-4-11)9-10-1-5-13-6-2-10;1-4(2,3)5/h1-2,5-6,11H,3-4,7-9H2,(H,15,16);5H2,1-3H3. The molecule has 21 heavy (non-hydrogen) atoms. The molecule has 0 spiro atoms. The van der Waals surface area contributed by atoms with Gasteiger partial charge in [0.15, 0.2) is 0 Å². The van der Waals surface area contributed by atoms with E-state index in [-0.39, 0.29) is 11.5 Å². The second-order valence-corrected chi connectivity index (χ2v) is 6.61. The minimum absolute atomic E-state index is 0. The predicted octanol–water partition coefficient (Wildman–Crippen LogP) is 2.12. The molecule has 0 bridgehead atoms. The highest BCUT2D eigenvalue weighted by molar-refractivity contribution is 5.70. The number of pyridine rings is 1. The van der Waals surface area contributed by atoms with Gasteiger partial charge in [-0.3, -0.25) is 14.7 Å². The molecular formula is C16H27N3O2. The molecule has 0 aromatic carbocycles. The fourth-order valence-corrected chi connectivity index (χ4v) is 2.08. The zero-order valence-corrected chi connectivity index (χ0v) is 13.2. The maximum absolute atomic E-state index is 10.8. The second kappa shape index (κ2) is 8.10. The van der Waals surface area contributed by atoms with Gasteiger partial charge in [-0.05, 0) is 64.4 Å². The number of nitrogens with two attached hydrogens (primary N) is 1. The minimum atomic E-state index is -0.649. The van der Waals surface area contributed by atoms with Crippen molar-refractivity contribution >= 4 is 5.97 Å². The Bertz CT molecular complexity index is 415. The van der Waals surface area contributed by atoms with E-state index >= 15 is 0 Å². The Balaban J connectivity index is 0.000000383. The van der Waals surface area contributed by atoms with Crippen LogP contribution in [0.25, 0.3) is 0 Å². The van der Waals surface area contributed by atoms with Gasteiger partial charge >= 0.3 is 5.97 Å². The van der Waals surface area contributed by atoms with Crippen LogP contribution in [-0.4, -0.2) is 39.6 Å². The molecule has 118 valence electrons. The first-order valence-corrected chi connectivity index (χ1v) is 7.38. The zero-order chi connectivity index (χ0) is 15.9. The largest absolute Gasteiger partial charge is 0.481 e. The summed E-state index contributed by atoms with van der Waals surface area (Å²) in [6.45, 7) is 8.54. The molecule has 0 amide bonds. The fraction of sp³-hybridized carbons (Fsp3) is 0.625. The molecule has 0 radical (unpaired) electrons. The third-order valence-corrected chi connectivity index (χ3v) is 3.09. The summed E-state index contributed by atoms with van der Waals surface area (Å²) in [5.74, 6) is -0.794. The van der Waals surface area contributed by atoms with Gasteiger partial charge in [0.1, 0.15) is 0 Å². The number of carboxylic acids is 1. The van der Waals surface area contributed by atoms with Crippen molar-refractivity contribution in [1.29, 1.82) is 0 Å². The first-order valence-electron chi connectivity index (χ1n) is 7.38. The first kappa shape index (κ1) is 17.6. The van der Waals surface area contributed by atoms with Crippen molar-refractivity contribution in [2.24, 2.45) is 11.7 Å². The normalized spacial score (nSPS) is 17.0. The molecule has 2 heterocycles. The molecule has 0 saturated carbocycles. The van der Waals surface area contributed by atoms with E-state index in [1.165, 1.54) is 5.56 Å². The number of piperidine rings is 1. The Labute approximate surface area is 127 Å².